The second-order valence-corrected chi connectivity index (χ2v) is 5.23. The molecule has 1 saturated heterocycles. The van der Waals surface area contributed by atoms with Gasteiger partial charge in [-0.25, -0.2) is 0 Å². The van der Waals surface area contributed by atoms with Gasteiger partial charge in [-0.3, -0.25) is 9.59 Å². The van der Waals surface area contributed by atoms with E-state index in [1.54, 1.807) is 0 Å². The van der Waals surface area contributed by atoms with Gasteiger partial charge < -0.3 is 21.1 Å². The van der Waals surface area contributed by atoms with Crippen LogP contribution in [-0.4, -0.2) is 48.6 Å². The SMILES string of the molecule is NC(=O)CC(N)C(=O)N(CC1CCOC1)C1CC1. The van der Waals surface area contributed by atoms with E-state index in [0.29, 0.717) is 25.1 Å². The van der Waals surface area contributed by atoms with Gasteiger partial charge in [-0.1, -0.05) is 0 Å². The molecule has 2 aliphatic rings. The molecular weight excluding hydrogens is 234 g/mol. The Balaban J connectivity index is 1.91. The standard InChI is InChI=1S/C12H21N3O3/c13-10(5-11(14)16)12(17)15(9-1-2-9)6-8-3-4-18-7-8/h8-10H,1-7,13H2,(H2,14,16). The monoisotopic (exact) mass is 255 g/mol. The molecule has 0 aromatic rings. The summed E-state index contributed by atoms with van der Waals surface area (Å²) in [5, 5.41) is 0. The first-order valence-electron chi connectivity index (χ1n) is 6.50. The summed E-state index contributed by atoms with van der Waals surface area (Å²) in [7, 11) is 0. The summed E-state index contributed by atoms with van der Waals surface area (Å²) in [5.74, 6) is -0.283. The van der Waals surface area contributed by atoms with Gasteiger partial charge in [-0.15, -0.1) is 0 Å². The summed E-state index contributed by atoms with van der Waals surface area (Å²) >= 11 is 0. The van der Waals surface area contributed by atoms with Crippen molar-refractivity contribution in [1.29, 1.82) is 0 Å². The molecule has 1 aliphatic heterocycles. The number of hydrogen-bond donors (Lipinski definition) is 2. The van der Waals surface area contributed by atoms with Gasteiger partial charge in [0.25, 0.3) is 0 Å². The van der Waals surface area contributed by atoms with Crippen molar-refractivity contribution >= 4 is 11.8 Å². The van der Waals surface area contributed by atoms with Crippen molar-refractivity contribution in [2.45, 2.75) is 37.8 Å². The van der Waals surface area contributed by atoms with E-state index in [9.17, 15) is 9.59 Å². The van der Waals surface area contributed by atoms with Gasteiger partial charge in [0.1, 0.15) is 0 Å². The van der Waals surface area contributed by atoms with Crippen molar-refractivity contribution in [3.05, 3.63) is 0 Å². The quantitative estimate of drug-likeness (QED) is 0.650. The minimum absolute atomic E-state index is 0.0801. The van der Waals surface area contributed by atoms with E-state index < -0.39 is 11.9 Å². The van der Waals surface area contributed by atoms with Crippen molar-refractivity contribution in [2.24, 2.45) is 17.4 Å². The van der Waals surface area contributed by atoms with E-state index in [1.165, 1.54) is 0 Å². The summed E-state index contributed by atoms with van der Waals surface area (Å²) in [6.07, 6.45) is 2.97. The van der Waals surface area contributed by atoms with E-state index in [2.05, 4.69) is 0 Å². The Morgan fingerprint density at radius 2 is 2.06 bits per heavy atom. The number of carbonyl (C=O) groups is 2. The Labute approximate surface area is 107 Å². The van der Waals surface area contributed by atoms with Crippen LogP contribution in [0.3, 0.4) is 0 Å². The second-order valence-electron chi connectivity index (χ2n) is 5.23. The number of rotatable bonds is 6. The smallest absolute Gasteiger partial charge is 0.240 e. The summed E-state index contributed by atoms with van der Waals surface area (Å²) in [6, 6.07) is -0.498. The van der Waals surface area contributed by atoms with Gasteiger partial charge >= 0.3 is 0 Å². The Hall–Kier alpha value is -1.14. The molecule has 0 aromatic heterocycles. The summed E-state index contributed by atoms with van der Waals surface area (Å²) in [4.78, 5) is 24.8. The predicted octanol–water partition coefficient (Wildman–Crippen LogP) is -0.783. The highest BCUT2D eigenvalue weighted by Crippen LogP contribution is 2.29. The normalized spacial score (nSPS) is 24.8. The Kier molecular flexibility index (Phi) is 4.19. The number of hydrogen-bond acceptors (Lipinski definition) is 4. The first kappa shape index (κ1) is 13.3. The van der Waals surface area contributed by atoms with Crippen LogP contribution >= 0.6 is 0 Å². The van der Waals surface area contributed by atoms with Crippen LogP contribution in [0.2, 0.25) is 0 Å². The van der Waals surface area contributed by atoms with E-state index in [4.69, 9.17) is 16.2 Å². The highest BCUT2D eigenvalue weighted by molar-refractivity contribution is 5.87. The fraction of sp³-hybridized carbons (Fsp3) is 0.833. The third-order valence-electron chi connectivity index (χ3n) is 3.49. The zero-order valence-corrected chi connectivity index (χ0v) is 10.5. The van der Waals surface area contributed by atoms with E-state index in [0.717, 1.165) is 25.9 Å². The maximum Gasteiger partial charge on any atom is 0.240 e. The summed E-state index contributed by atoms with van der Waals surface area (Å²) < 4.78 is 5.32. The van der Waals surface area contributed by atoms with Crippen LogP contribution in [-0.2, 0) is 14.3 Å². The molecule has 4 N–H and O–H groups in total. The first-order valence-corrected chi connectivity index (χ1v) is 6.50. The van der Waals surface area contributed by atoms with Gasteiger partial charge in [0, 0.05) is 25.1 Å². The molecule has 0 radical (unpaired) electrons. The molecule has 6 nitrogen and oxygen atoms in total. The van der Waals surface area contributed by atoms with Crippen molar-refractivity contribution in [1.82, 2.24) is 4.90 Å². The summed E-state index contributed by atoms with van der Waals surface area (Å²) in [6.45, 7) is 2.17. The fourth-order valence-corrected chi connectivity index (χ4v) is 2.33. The van der Waals surface area contributed by atoms with Gasteiger partial charge in [0.2, 0.25) is 11.8 Å². The van der Waals surface area contributed by atoms with Gasteiger partial charge in [0.05, 0.1) is 19.1 Å². The lowest BCUT2D eigenvalue weighted by Crippen LogP contribution is -2.48. The van der Waals surface area contributed by atoms with Crippen molar-refractivity contribution < 1.29 is 14.3 Å². The second kappa shape index (κ2) is 5.67. The average Bonchev–Trinajstić information content (AvgIpc) is 3.02. The maximum atomic E-state index is 12.2. The largest absolute Gasteiger partial charge is 0.381 e. The molecule has 2 fully saturated rings. The van der Waals surface area contributed by atoms with Crippen LogP contribution in [0.4, 0.5) is 0 Å². The molecule has 2 amide bonds. The molecule has 102 valence electrons. The fourth-order valence-electron chi connectivity index (χ4n) is 2.33. The van der Waals surface area contributed by atoms with Crippen LogP contribution in [0.15, 0.2) is 0 Å². The molecule has 0 bridgehead atoms. The van der Waals surface area contributed by atoms with Crippen LogP contribution in [0.5, 0.6) is 0 Å². The number of nitrogens with zero attached hydrogens (tertiary/aromatic N) is 1. The molecule has 2 atom stereocenters. The number of carbonyl (C=O) groups excluding carboxylic acids is 2. The van der Waals surface area contributed by atoms with Crippen molar-refractivity contribution in [2.75, 3.05) is 19.8 Å². The van der Waals surface area contributed by atoms with Crippen LogP contribution < -0.4 is 11.5 Å². The van der Waals surface area contributed by atoms with E-state index in [1.807, 2.05) is 4.90 Å². The summed E-state index contributed by atoms with van der Waals surface area (Å²) in [5.41, 5.74) is 10.8. The number of nitrogens with two attached hydrogens (primary N) is 2. The average molecular weight is 255 g/mol. The topological polar surface area (TPSA) is 98.7 Å². The Morgan fingerprint density at radius 1 is 1.33 bits per heavy atom. The lowest BCUT2D eigenvalue weighted by molar-refractivity contribution is -0.135. The predicted molar refractivity (Wildman–Crippen MR) is 65.4 cm³/mol. The first-order chi connectivity index (χ1) is 8.58. The number of primary amides is 1. The van der Waals surface area contributed by atoms with Gasteiger partial charge in [-0.05, 0) is 19.3 Å². The molecule has 2 rings (SSSR count). The third kappa shape index (κ3) is 3.43. The Bertz CT molecular complexity index is 325. The lowest BCUT2D eigenvalue weighted by Gasteiger charge is -2.27. The molecule has 1 aliphatic carbocycles. The molecule has 1 saturated carbocycles. The third-order valence-corrected chi connectivity index (χ3v) is 3.49. The minimum atomic E-state index is -0.801. The Morgan fingerprint density at radius 3 is 2.56 bits per heavy atom. The van der Waals surface area contributed by atoms with Crippen LogP contribution in [0.25, 0.3) is 0 Å². The highest BCUT2D eigenvalue weighted by atomic mass is 16.5. The highest BCUT2D eigenvalue weighted by Gasteiger charge is 2.36. The molecule has 2 unspecified atom stereocenters. The van der Waals surface area contributed by atoms with E-state index in [-0.39, 0.29) is 12.3 Å². The molecule has 6 heteroatoms. The zero-order valence-electron chi connectivity index (χ0n) is 10.5. The minimum Gasteiger partial charge on any atom is -0.381 e. The van der Waals surface area contributed by atoms with Gasteiger partial charge in [-0.2, -0.15) is 0 Å². The van der Waals surface area contributed by atoms with Crippen LogP contribution in [0.1, 0.15) is 25.7 Å². The number of ether oxygens (including phenoxy) is 1. The maximum absolute atomic E-state index is 12.2. The van der Waals surface area contributed by atoms with E-state index >= 15 is 0 Å². The molecular formula is C12H21N3O3. The van der Waals surface area contributed by atoms with Crippen LogP contribution in [0, 0.1) is 5.92 Å². The van der Waals surface area contributed by atoms with Crippen molar-refractivity contribution in [3.8, 4) is 0 Å². The molecule has 0 spiro atoms. The van der Waals surface area contributed by atoms with Gasteiger partial charge in [0.15, 0.2) is 0 Å². The lowest BCUT2D eigenvalue weighted by atomic mass is 10.1. The van der Waals surface area contributed by atoms with Crippen molar-refractivity contribution in [3.63, 3.8) is 0 Å². The molecule has 1 heterocycles. The zero-order chi connectivity index (χ0) is 13.1. The molecule has 0 aromatic carbocycles. The molecule has 18 heavy (non-hydrogen) atoms. The number of amides is 2.